The molecule has 1 atom stereocenters. The van der Waals surface area contributed by atoms with Crippen LogP contribution < -0.4 is 5.73 Å². The van der Waals surface area contributed by atoms with Gasteiger partial charge in [0.2, 0.25) is 0 Å². The van der Waals surface area contributed by atoms with Crippen molar-refractivity contribution in [3.8, 4) is 0 Å². The van der Waals surface area contributed by atoms with Gasteiger partial charge in [-0.15, -0.1) is 0 Å². The number of nitrogens with two attached hydrogens (primary N) is 1. The maximum absolute atomic E-state index is 5.87. The second kappa shape index (κ2) is 5.72. The molecule has 1 aliphatic heterocycles. The first-order valence-corrected chi connectivity index (χ1v) is 6.08. The molecule has 0 aliphatic carbocycles. The van der Waals surface area contributed by atoms with Gasteiger partial charge in [0.05, 0.1) is 6.10 Å². The zero-order valence-electron chi connectivity index (χ0n) is 9.72. The summed E-state index contributed by atoms with van der Waals surface area (Å²) < 4.78 is 5.64. The summed E-state index contributed by atoms with van der Waals surface area (Å²) in [5, 5.41) is 0. The molecule has 0 saturated carbocycles. The molecule has 14 heavy (non-hydrogen) atoms. The van der Waals surface area contributed by atoms with Crippen molar-refractivity contribution in [2.45, 2.75) is 58.5 Å². The summed E-state index contributed by atoms with van der Waals surface area (Å²) in [6.07, 6.45) is 7.88. The summed E-state index contributed by atoms with van der Waals surface area (Å²) >= 11 is 0. The Hall–Kier alpha value is -0.0800. The molecule has 2 N–H and O–H groups in total. The third kappa shape index (κ3) is 2.96. The van der Waals surface area contributed by atoms with Crippen LogP contribution in [0.1, 0.15) is 52.4 Å². The minimum Gasteiger partial charge on any atom is -0.378 e. The minimum atomic E-state index is 0.381. The van der Waals surface area contributed by atoms with E-state index in [0.717, 1.165) is 13.2 Å². The van der Waals surface area contributed by atoms with Crippen LogP contribution in [0.2, 0.25) is 0 Å². The molecule has 1 heterocycles. The molecule has 0 amide bonds. The fraction of sp³-hybridized carbons (Fsp3) is 1.00. The second-order valence-electron chi connectivity index (χ2n) is 4.58. The average molecular weight is 199 g/mol. The minimum absolute atomic E-state index is 0.381. The highest BCUT2D eigenvalue weighted by atomic mass is 16.5. The zero-order chi connectivity index (χ0) is 10.4. The fourth-order valence-electron chi connectivity index (χ4n) is 2.33. The van der Waals surface area contributed by atoms with Gasteiger partial charge in [-0.25, -0.2) is 0 Å². The van der Waals surface area contributed by atoms with Crippen molar-refractivity contribution in [1.29, 1.82) is 0 Å². The SMILES string of the molecule is CCC(CC)(CN)CCC1CCCO1. The van der Waals surface area contributed by atoms with Crippen LogP contribution >= 0.6 is 0 Å². The van der Waals surface area contributed by atoms with Crippen LogP contribution in [0.5, 0.6) is 0 Å². The van der Waals surface area contributed by atoms with Crippen molar-refractivity contribution < 1.29 is 4.74 Å². The molecule has 1 saturated heterocycles. The van der Waals surface area contributed by atoms with Crippen LogP contribution in [0.4, 0.5) is 0 Å². The van der Waals surface area contributed by atoms with E-state index >= 15 is 0 Å². The molecule has 0 aromatic carbocycles. The van der Waals surface area contributed by atoms with Gasteiger partial charge in [-0.2, -0.15) is 0 Å². The molecule has 2 nitrogen and oxygen atoms in total. The Labute approximate surface area is 88.2 Å². The molecule has 0 aromatic heterocycles. The molecular weight excluding hydrogens is 174 g/mol. The van der Waals surface area contributed by atoms with Gasteiger partial charge in [0.15, 0.2) is 0 Å². The first-order valence-electron chi connectivity index (χ1n) is 6.08. The van der Waals surface area contributed by atoms with E-state index in [-0.39, 0.29) is 0 Å². The fourth-order valence-corrected chi connectivity index (χ4v) is 2.33. The molecule has 0 spiro atoms. The van der Waals surface area contributed by atoms with Gasteiger partial charge in [-0.05, 0) is 50.5 Å². The summed E-state index contributed by atoms with van der Waals surface area (Å²) in [4.78, 5) is 0. The predicted octanol–water partition coefficient (Wildman–Crippen LogP) is 2.71. The van der Waals surface area contributed by atoms with Gasteiger partial charge in [0.1, 0.15) is 0 Å². The Morgan fingerprint density at radius 3 is 2.50 bits per heavy atom. The van der Waals surface area contributed by atoms with Crippen molar-refractivity contribution in [2.24, 2.45) is 11.1 Å². The molecule has 2 heteroatoms. The zero-order valence-corrected chi connectivity index (χ0v) is 9.72. The van der Waals surface area contributed by atoms with Crippen LogP contribution in [-0.2, 0) is 4.74 Å². The molecule has 1 aliphatic rings. The molecule has 84 valence electrons. The average Bonchev–Trinajstić information content (AvgIpc) is 2.74. The highest BCUT2D eigenvalue weighted by molar-refractivity contribution is 4.79. The maximum atomic E-state index is 5.87. The highest BCUT2D eigenvalue weighted by Gasteiger charge is 2.26. The number of hydrogen-bond acceptors (Lipinski definition) is 2. The van der Waals surface area contributed by atoms with Gasteiger partial charge >= 0.3 is 0 Å². The third-order valence-electron chi connectivity index (χ3n) is 3.95. The normalized spacial score (nSPS) is 22.9. The van der Waals surface area contributed by atoms with E-state index < -0.39 is 0 Å². The van der Waals surface area contributed by atoms with Gasteiger partial charge in [0, 0.05) is 6.61 Å². The molecular formula is C12H25NO. The van der Waals surface area contributed by atoms with Gasteiger partial charge in [-0.1, -0.05) is 13.8 Å². The number of ether oxygens (including phenoxy) is 1. The smallest absolute Gasteiger partial charge is 0.0576 e. The van der Waals surface area contributed by atoms with Crippen LogP contribution in [0, 0.1) is 5.41 Å². The van der Waals surface area contributed by atoms with Crippen molar-refractivity contribution in [1.82, 2.24) is 0 Å². The quantitative estimate of drug-likeness (QED) is 0.714. The van der Waals surface area contributed by atoms with Crippen molar-refractivity contribution >= 4 is 0 Å². The lowest BCUT2D eigenvalue weighted by Gasteiger charge is -2.31. The molecule has 0 bridgehead atoms. The third-order valence-corrected chi connectivity index (χ3v) is 3.95. The first kappa shape index (κ1) is 12.0. The van der Waals surface area contributed by atoms with Gasteiger partial charge in [-0.3, -0.25) is 0 Å². The Balaban J connectivity index is 2.31. The Bertz CT molecular complexity index is 140. The van der Waals surface area contributed by atoms with E-state index in [4.69, 9.17) is 10.5 Å². The molecule has 1 rings (SSSR count). The van der Waals surface area contributed by atoms with E-state index in [1.54, 1.807) is 0 Å². The second-order valence-corrected chi connectivity index (χ2v) is 4.58. The van der Waals surface area contributed by atoms with Crippen molar-refractivity contribution in [3.63, 3.8) is 0 Å². The van der Waals surface area contributed by atoms with E-state index in [0.29, 0.717) is 11.5 Å². The molecule has 1 unspecified atom stereocenters. The van der Waals surface area contributed by atoms with E-state index in [1.165, 1.54) is 38.5 Å². The maximum Gasteiger partial charge on any atom is 0.0576 e. The number of hydrogen-bond donors (Lipinski definition) is 1. The van der Waals surface area contributed by atoms with E-state index in [2.05, 4.69) is 13.8 Å². The summed E-state index contributed by atoms with van der Waals surface area (Å²) in [5.74, 6) is 0. The largest absolute Gasteiger partial charge is 0.378 e. The monoisotopic (exact) mass is 199 g/mol. The van der Waals surface area contributed by atoms with Crippen LogP contribution in [0.3, 0.4) is 0 Å². The van der Waals surface area contributed by atoms with E-state index in [9.17, 15) is 0 Å². The van der Waals surface area contributed by atoms with Gasteiger partial charge in [0.25, 0.3) is 0 Å². The molecule has 0 aromatic rings. The number of rotatable bonds is 6. The van der Waals surface area contributed by atoms with Crippen molar-refractivity contribution in [2.75, 3.05) is 13.2 Å². The summed E-state index contributed by atoms with van der Waals surface area (Å²) in [6.45, 7) is 6.31. The molecule has 1 fully saturated rings. The van der Waals surface area contributed by atoms with Crippen molar-refractivity contribution in [3.05, 3.63) is 0 Å². The summed E-state index contributed by atoms with van der Waals surface area (Å²) in [7, 11) is 0. The lowest BCUT2D eigenvalue weighted by Crippen LogP contribution is -2.30. The Kier molecular flexibility index (Phi) is 4.90. The highest BCUT2D eigenvalue weighted by Crippen LogP contribution is 2.32. The van der Waals surface area contributed by atoms with Crippen LogP contribution in [-0.4, -0.2) is 19.3 Å². The van der Waals surface area contributed by atoms with E-state index in [1.807, 2.05) is 0 Å². The van der Waals surface area contributed by atoms with Crippen LogP contribution in [0.15, 0.2) is 0 Å². The topological polar surface area (TPSA) is 35.2 Å². The lowest BCUT2D eigenvalue weighted by molar-refractivity contribution is 0.0863. The Morgan fingerprint density at radius 1 is 1.36 bits per heavy atom. The lowest BCUT2D eigenvalue weighted by atomic mass is 9.77. The Morgan fingerprint density at radius 2 is 2.07 bits per heavy atom. The summed E-state index contributed by atoms with van der Waals surface area (Å²) in [6, 6.07) is 0. The first-order chi connectivity index (χ1) is 6.76. The predicted molar refractivity (Wildman–Crippen MR) is 60.3 cm³/mol. The standard InChI is InChI=1S/C12H25NO/c1-3-12(4-2,10-13)8-7-11-6-5-9-14-11/h11H,3-10,13H2,1-2H3. The molecule has 0 radical (unpaired) electrons. The van der Waals surface area contributed by atoms with Crippen LogP contribution in [0.25, 0.3) is 0 Å². The van der Waals surface area contributed by atoms with Gasteiger partial charge < -0.3 is 10.5 Å². The summed E-state index contributed by atoms with van der Waals surface area (Å²) in [5.41, 5.74) is 6.25.